The molecule has 0 aromatic heterocycles. The van der Waals surface area contributed by atoms with E-state index < -0.39 is 11.9 Å². The summed E-state index contributed by atoms with van der Waals surface area (Å²) in [6, 6.07) is 16.8. The lowest BCUT2D eigenvalue weighted by molar-refractivity contribution is -0.141. The fourth-order valence-electron chi connectivity index (χ4n) is 2.60. The molecule has 0 spiro atoms. The van der Waals surface area contributed by atoms with Crippen molar-refractivity contribution in [3.8, 4) is 5.75 Å². The van der Waals surface area contributed by atoms with Gasteiger partial charge in [-0.3, -0.25) is 9.59 Å². The normalized spacial score (nSPS) is 11.6. The number of carbonyl (C=O) groups excluding carboxylic acids is 1. The quantitative estimate of drug-likeness (QED) is 0.687. The number of aliphatic carboxylic acids is 1. The van der Waals surface area contributed by atoms with Gasteiger partial charge in [0.2, 0.25) is 5.91 Å². The fraction of sp³-hybridized carbons (Fsp3) is 0.333. The molecule has 5 nitrogen and oxygen atoms in total. The minimum absolute atomic E-state index is 0.106. The number of carboxylic acid groups (broad SMARTS) is 1. The molecule has 0 aliphatic carbocycles. The van der Waals surface area contributed by atoms with Crippen LogP contribution >= 0.6 is 0 Å². The lowest BCUT2D eigenvalue weighted by atomic mass is 9.99. The van der Waals surface area contributed by atoms with Gasteiger partial charge in [-0.05, 0) is 36.1 Å². The van der Waals surface area contributed by atoms with Crippen LogP contribution in [0.1, 0.15) is 24.5 Å². The standard InChI is InChI=1S/C21H25NO4/c1-2-11-26-19-10-6-9-17(13-19)14-20(23)22-15-18(21(24)25)12-16-7-4-3-5-8-16/h3-10,13,18H,2,11-12,14-15H2,1H3,(H,22,23)(H,24,25). The average Bonchev–Trinajstić information content (AvgIpc) is 2.64. The number of hydrogen-bond acceptors (Lipinski definition) is 3. The number of carboxylic acids is 1. The number of benzene rings is 2. The monoisotopic (exact) mass is 355 g/mol. The topological polar surface area (TPSA) is 75.6 Å². The molecule has 0 heterocycles. The zero-order valence-corrected chi connectivity index (χ0v) is 15.0. The smallest absolute Gasteiger partial charge is 0.308 e. The van der Waals surface area contributed by atoms with Gasteiger partial charge in [-0.2, -0.15) is 0 Å². The first-order valence-electron chi connectivity index (χ1n) is 8.83. The van der Waals surface area contributed by atoms with Crippen molar-refractivity contribution >= 4 is 11.9 Å². The van der Waals surface area contributed by atoms with Crippen molar-refractivity contribution in [3.63, 3.8) is 0 Å². The van der Waals surface area contributed by atoms with Gasteiger partial charge >= 0.3 is 5.97 Å². The van der Waals surface area contributed by atoms with Crippen molar-refractivity contribution in [1.29, 1.82) is 0 Å². The van der Waals surface area contributed by atoms with Gasteiger partial charge < -0.3 is 15.2 Å². The maximum atomic E-state index is 12.2. The van der Waals surface area contributed by atoms with Crippen LogP contribution in [0.2, 0.25) is 0 Å². The molecule has 5 heteroatoms. The number of nitrogens with one attached hydrogen (secondary N) is 1. The minimum atomic E-state index is -0.913. The van der Waals surface area contributed by atoms with E-state index in [1.54, 1.807) is 0 Å². The molecular formula is C21H25NO4. The third-order valence-electron chi connectivity index (χ3n) is 3.96. The molecule has 0 aliphatic rings. The van der Waals surface area contributed by atoms with Gasteiger partial charge in [-0.15, -0.1) is 0 Å². The fourth-order valence-corrected chi connectivity index (χ4v) is 2.60. The Hall–Kier alpha value is -2.82. The van der Waals surface area contributed by atoms with E-state index >= 15 is 0 Å². The number of ether oxygens (including phenoxy) is 1. The van der Waals surface area contributed by atoms with Crippen molar-refractivity contribution in [2.24, 2.45) is 5.92 Å². The molecule has 0 radical (unpaired) electrons. The van der Waals surface area contributed by atoms with Crippen LogP contribution in [0.3, 0.4) is 0 Å². The van der Waals surface area contributed by atoms with Gasteiger partial charge in [0.1, 0.15) is 5.75 Å². The molecule has 1 atom stereocenters. The summed E-state index contributed by atoms with van der Waals surface area (Å²) in [5.41, 5.74) is 1.78. The van der Waals surface area contributed by atoms with E-state index in [0.29, 0.717) is 13.0 Å². The molecule has 2 rings (SSSR count). The second-order valence-corrected chi connectivity index (χ2v) is 6.20. The Labute approximate surface area is 154 Å². The molecule has 0 aliphatic heterocycles. The molecule has 1 amide bonds. The van der Waals surface area contributed by atoms with Gasteiger partial charge in [0.25, 0.3) is 0 Å². The summed E-state index contributed by atoms with van der Waals surface area (Å²) in [5.74, 6) is -1.02. The maximum Gasteiger partial charge on any atom is 0.308 e. The Morgan fingerprint density at radius 1 is 1.08 bits per heavy atom. The maximum absolute atomic E-state index is 12.2. The molecule has 26 heavy (non-hydrogen) atoms. The first-order chi connectivity index (χ1) is 12.6. The highest BCUT2D eigenvalue weighted by atomic mass is 16.5. The van der Waals surface area contributed by atoms with Crippen LogP contribution < -0.4 is 10.1 Å². The molecule has 0 bridgehead atoms. The van der Waals surface area contributed by atoms with Crippen molar-refractivity contribution in [2.75, 3.05) is 13.2 Å². The largest absolute Gasteiger partial charge is 0.494 e. The summed E-state index contributed by atoms with van der Waals surface area (Å²) in [6.07, 6.45) is 1.50. The van der Waals surface area contributed by atoms with Gasteiger partial charge in [0.15, 0.2) is 0 Å². The van der Waals surface area contributed by atoms with Crippen molar-refractivity contribution in [3.05, 3.63) is 65.7 Å². The summed E-state index contributed by atoms with van der Waals surface area (Å²) >= 11 is 0. The predicted molar refractivity (Wildman–Crippen MR) is 100 cm³/mol. The number of hydrogen-bond donors (Lipinski definition) is 2. The Bertz CT molecular complexity index is 715. The van der Waals surface area contributed by atoms with Crippen LogP contribution in [0.25, 0.3) is 0 Å². The molecule has 2 aromatic carbocycles. The number of carbonyl (C=O) groups is 2. The van der Waals surface area contributed by atoms with E-state index in [4.69, 9.17) is 4.74 Å². The van der Waals surface area contributed by atoms with Crippen molar-refractivity contribution in [2.45, 2.75) is 26.2 Å². The van der Waals surface area contributed by atoms with Crippen LogP contribution in [0.15, 0.2) is 54.6 Å². The lowest BCUT2D eigenvalue weighted by Gasteiger charge is -2.14. The Morgan fingerprint density at radius 2 is 1.81 bits per heavy atom. The van der Waals surface area contributed by atoms with E-state index in [2.05, 4.69) is 5.32 Å². The van der Waals surface area contributed by atoms with E-state index in [1.165, 1.54) is 0 Å². The van der Waals surface area contributed by atoms with Crippen LogP contribution in [-0.4, -0.2) is 30.1 Å². The molecule has 2 N–H and O–H groups in total. The summed E-state index contributed by atoms with van der Waals surface area (Å²) in [6.45, 7) is 2.77. The van der Waals surface area contributed by atoms with Gasteiger partial charge in [-0.25, -0.2) is 0 Å². The molecule has 2 aromatic rings. The van der Waals surface area contributed by atoms with Gasteiger partial charge in [0.05, 0.1) is 18.9 Å². The summed E-state index contributed by atoms with van der Waals surface area (Å²) < 4.78 is 5.56. The number of amides is 1. The zero-order valence-electron chi connectivity index (χ0n) is 15.0. The molecule has 1 unspecified atom stereocenters. The van der Waals surface area contributed by atoms with E-state index in [0.717, 1.165) is 23.3 Å². The van der Waals surface area contributed by atoms with Gasteiger partial charge in [-0.1, -0.05) is 49.4 Å². The lowest BCUT2D eigenvalue weighted by Crippen LogP contribution is -2.34. The highest BCUT2D eigenvalue weighted by molar-refractivity contribution is 5.79. The summed E-state index contributed by atoms with van der Waals surface area (Å²) in [5, 5.41) is 12.1. The second kappa shape index (κ2) is 10.2. The first kappa shape index (κ1) is 19.5. The highest BCUT2D eigenvalue weighted by Crippen LogP contribution is 2.14. The molecule has 0 fully saturated rings. The van der Waals surface area contributed by atoms with Crippen LogP contribution in [-0.2, 0) is 22.4 Å². The Morgan fingerprint density at radius 3 is 2.50 bits per heavy atom. The SMILES string of the molecule is CCCOc1cccc(CC(=O)NCC(Cc2ccccc2)C(=O)O)c1. The third-order valence-corrected chi connectivity index (χ3v) is 3.96. The van der Waals surface area contributed by atoms with Crippen LogP contribution in [0.4, 0.5) is 0 Å². The van der Waals surface area contributed by atoms with E-state index in [1.807, 2.05) is 61.5 Å². The number of rotatable bonds is 10. The predicted octanol–water partition coefficient (Wildman–Crippen LogP) is 3.08. The Kier molecular flexibility index (Phi) is 7.68. The summed E-state index contributed by atoms with van der Waals surface area (Å²) in [7, 11) is 0. The minimum Gasteiger partial charge on any atom is -0.494 e. The molecule has 0 saturated carbocycles. The van der Waals surface area contributed by atoms with Crippen molar-refractivity contribution < 1.29 is 19.4 Å². The van der Waals surface area contributed by atoms with E-state index in [9.17, 15) is 14.7 Å². The molecule has 0 saturated heterocycles. The second-order valence-electron chi connectivity index (χ2n) is 6.20. The molecule has 138 valence electrons. The highest BCUT2D eigenvalue weighted by Gasteiger charge is 2.19. The van der Waals surface area contributed by atoms with Crippen LogP contribution in [0, 0.1) is 5.92 Å². The van der Waals surface area contributed by atoms with Gasteiger partial charge in [0, 0.05) is 6.54 Å². The molecular weight excluding hydrogens is 330 g/mol. The summed E-state index contributed by atoms with van der Waals surface area (Å²) in [4.78, 5) is 23.6. The third kappa shape index (κ3) is 6.59. The van der Waals surface area contributed by atoms with Crippen molar-refractivity contribution in [1.82, 2.24) is 5.32 Å². The Balaban J connectivity index is 1.87. The average molecular weight is 355 g/mol. The van der Waals surface area contributed by atoms with E-state index in [-0.39, 0.29) is 18.9 Å². The van der Waals surface area contributed by atoms with Crippen LogP contribution in [0.5, 0.6) is 5.75 Å². The zero-order chi connectivity index (χ0) is 18.8. The first-order valence-corrected chi connectivity index (χ1v) is 8.83.